The number of benzene rings is 2. The van der Waals surface area contributed by atoms with Gasteiger partial charge < -0.3 is 15.0 Å². The van der Waals surface area contributed by atoms with E-state index in [0.29, 0.717) is 23.7 Å². The largest absolute Gasteiger partial charge is 0.489 e. The molecule has 0 aliphatic carbocycles. The molecule has 2 aromatic rings. The van der Waals surface area contributed by atoms with Gasteiger partial charge in [-0.15, -0.1) is 11.6 Å². The molecule has 0 unspecified atom stereocenters. The average Bonchev–Trinajstić information content (AvgIpc) is 2.62. The number of nitrogens with zero attached hydrogens (tertiary/aromatic N) is 1. The lowest BCUT2D eigenvalue weighted by Gasteiger charge is -2.28. The van der Waals surface area contributed by atoms with E-state index >= 15 is 0 Å². The van der Waals surface area contributed by atoms with E-state index in [1.54, 1.807) is 23.1 Å². The van der Waals surface area contributed by atoms with Gasteiger partial charge in [-0.25, -0.2) is 0 Å². The Kier molecular flexibility index (Phi) is 7.04. The van der Waals surface area contributed by atoms with Crippen LogP contribution in [-0.2, 0) is 16.2 Å². The number of hydrogen-bond acceptors (Lipinski definition) is 3. The smallest absolute Gasteiger partial charge is 0.242 e. The highest BCUT2D eigenvalue weighted by molar-refractivity contribution is 6.29. The maximum Gasteiger partial charge on any atom is 0.242 e. The van der Waals surface area contributed by atoms with Gasteiger partial charge in [0, 0.05) is 19.0 Å². The van der Waals surface area contributed by atoms with Crippen molar-refractivity contribution in [3.63, 3.8) is 0 Å². The topological polar surface area (TPSA) is 58.6 Å². The molecule has 2 rings (SSSR count). The van der Waals surface area contributed by atoms with Crippen LogP contribution in [-0.4, -0.2) is 23.7 Å². The second-order valence-corrected chi connectivity index (χ2v) is 6.39. The van der Waals surface area contributed by atoms with Crippen molar-refractivity contribution < 1.29 is 14.3 Å². The average molecular weight is 375 g/mol. The number of rotatable bonds is 7. The van der Waals surface area contributed by atoms with Crippen LogP contribution in [0.1, 0.15) is 26.3 Å². The standard InChI is InChI=1S/C20H23ClN2O3/c1-14(2)23(20(25)12-21)19-11-17(9-10-18(19)22-15(3)24)26-13-16-7-5-4-6-8-16/h4-11,14H,12-13H2,1-3H3,(H,22,24). The van der Waals surface area contributed by atoms with Crippen LogP contribution in [0.25, 0.3) is 0 Å². The van der Waals surface area contributed by atoms with Crippen LogP contribution in [0.4, 0.5) is 11.4 Å². The summed E-state index contributed by atoms with van der Waals surface area (Å²) in [7, 11) is 0. The molecule has 6 heteroatoms. The molecule has 0 radical (unpaired) electrons. The molecule has 0 saturated carbocycles. The minimum Gasteiger partial charge on any atom is -0.489 e. The normalized spacial score (nSPS) is 10.5. The number of hydrogen-bond donors (Lipinski definition) is 1. The first kappa shape index (κ1) is 19.8. The summed E-state index contributed by atoms with van der Waals surface area (Å²) in [6, 6.07) is 14.9. The maximum absolute atomic E-state index is 12.3. The lowest BCUT2D eigenvalue weighted by Crippen LogP contribution is -2.38. The molecule has 0 heterocycles. The first-order valence-corrected chi connectivity index (χ1v) is 8.92. The Morgan fingerprint density at radius 2 is 1.85 bits per heavy atom. The summed E-state index contributed by atoms with van der Waals surface area (Å²) in [5, 5.41) is 2.76. The Bertz CT molecular complexity index is 763. The van der Waals surface area contributed by atoms with Gasteiger partial charge in [-0.2, -0.15) is 0 Å². The van der Waals surface area contributed by atoms with E-state index in [9.17, 15) is 9.59 Å². The van der Waals surface area contributed by atoms with Gasteiger partial charge in [-0.1, -0.05) is 30.3 Å². The van der Waals surface area contributed by atoms with E-state index < -0.39 is 0 Å². The van der Waals surface area contributed by atoms with E-state index in [-0.39, 0.29) is 23.7 Å². The molecule has 5 nitrogen and oxygen atoms in total. The highest BCUT2D eigenvalue weighted by atomic mass is 35.5. The lowest BCUT2D eigenvalue weighted by molar-refractivity contribution is -0.117. The van der Waals surface area contributed by atoms with Gasteiger partial charge >= 0.3 is 0 Å². The molecule has 0 bridgehead atoms. The molecular weight excluding hydrogens is 352 g/mol. The van der Waals surface area contributed by atoms with Crippen molar-refractivity contribution in [1.29, 1.82) is 0 Å². The molecule has 26 heavy (non-hydrogen) atoms. The Morgan fingerprint density at radius 1 is 1.15 bits per heavy atom. The Hall–Kier alpha value is -2.53. The van der Waals surface area contributed by atoms with Crippen molar-refractivity contribution >= 4 is 34.8 Å². The molecule has 2 aromatic carbocycles. The van der Waals surface area contributed by atoms with Crippen molar-refractivity contribution in [1.82, 2.24) is 0 Å². The summed E-state index contributed by atoms with van der Waals surface area (Å²) in [5.41, 5.74) is 2.14. The second-order valence-electron chi connectivity index (χ2n) is 6.13. The van der Waals surface area contributed by atoms with Gasteiger partial charge in [0.05, 0.1) is 11.4 Å². The molecular formula is C20H23ClN2O3. The molecule has 0 aliphatic heterocycles. The first-order chi connectivity index (χ1) is 12.4. The Labute approximate surface area is 158 Å². The number of ether oxygens (including phenoxy) is 1. The molecule has 1 N–H and O–H groups in total. The van der Waals surface area contributed by atoms with Gasteiger partial charge in [0.15, 0.2) is 0 Å². The molecule has 0 saturated heterocycles. The SMILES string of the molecule is CC(=O)Nc1ccc(OCc2ccccc2)cc1N(C(=O)CCl)C(C)C. The molecule has 0 aromatic heterocycles. The predicted octanol–water partition coefficient (Wildman–Crippen LogP) is 4.20. The number of carbonyl (C=O) groups is 2. The van der Waals surface area contributed by atoms with Gasteiger partial charge in [-0.05, 0) is 31.5 Å². The number of alkyl halides is 1. The Balaban J connectivity index is 2.34. The zero-order chi connectivity index (χ0) is 19.1. The number of anilines is 2. The number of nitrogens with one attached hydrogen (secondary N) is 1. The fraction of sp³-hybridized carbons (Fsp3) is 0.300. The van der Waals surface area contributed by atoms with Crippen LogP contribution in [0.3, 0.4) is 0 Å². The zero-order valence-electron chi connectivity index (χ0n) is 15.2. The highest BCUT2D eigenvalue weighted by Crippen LogP contribution is 2.32. The van der Waals surface area contributed by atoms with Crippen LogP contribution in [0.5, 0.6) is 5.75 Å². The maximum atomic E-state index is 12.3. The third-order valence-corrected chi connectivity index (χ3v) is 3.92. The number of halogens is 1. The molecule has 2 amide bonds. The molecule has 138 valence electrons. The van der Waals surface area contributed by atoms with E-state index in [1.165, 1.54) is 6.92 Å². The van der Waals surface area contributed by atoms with Crippen molar-refractivity contribution in [2.75, 3.05) is 16.1 Å². The highest BCUT2D eigenvalue weighted by Gasteiger charge is 2.22. The summed E-state index contributed by atoms with van der Waals surface area (Å²) in [4.78, 5) is 25.4. The quantitative estimate of drug-likeness (QED) is 0.739. The van der Waals surface area contributed by atoms with Crippen LogP contribution >= 0.6 is 11.6 Å². The van der Waals surface area contributed by atoms with Crippen molar-refractivity contribution in [3.8, 4) is 5.75 Å². The molecule has 0 spiro atoms. The fourth-order valence-electron chi connectivity index (χ4n) is 2.60. The van der Waals surface area contributed by atoms with Gasteiger partial charge in [0.2, 0.25) is 11.8 Å². The summed E-state index contributed by atoms with van der Waals surface area (Å²) in [6.45, 7) is 5.61. The van der Waals surface area contributed by atoms with Crippen LogP contribution in [0, 0.1) is 0 Å². The van der Waals surface area contributed by atoms with E-state index in [2.05, 4.69) is 5.32 Å². The summed E-state index contributed by atoms with van der Waals surface area (Å²) >= 11 is 5.77. The first-order valence-electron chi connectivity index (χ1n) is 8.38. The summed E-state index contributed by atoms with van der Waals surface area (Å²) in [5.74, 6) is -0.00188. The third kappa shape index (κ3) is 5.23. The lowest BCUT2D eigenvalue weighted by atomic mass is 10.2. The molecule has 0 atom stereocenters. The minimum absolute atomic E-state index is 0.127. The molecule has 0 fully saturated rings. The van der Waals surface area contributed by atoms with Crippen molar-refractivity contribution in [2.24, 2.45) is 0 Å². The monoisotopic (exact) mass is 374 g/mol. The van der Waals surface area contributed by atoms with Gasteiger partial charge in [0.1, 0.15) is 18.2 Å². The zero-order valence-corrected chi connectivity index (χ0v) is 15.9. The van der Waals surface area contributed by atoms with E-state index in [0.717, 1.165) is 5.56 Å². The summed E-state index contributed by atoms with van der Waals surface area (Å²) in [6.07, 6.45) is 0. The van der Waals surface area contributed by atoms with Crippen LogP contribution in [0.15, 0.2) is 48.5 Å². The third-order valence-electron chi connectivity index (χ3n) is 3.69. The minimum atomic E-state index is -0.242. The van der Waals surface area contributed by atoms with E-state index in [1.807, 2.05) is 44.2 Å². The van der Waals surface area contributed by atoms with E-state index in [4.69, 9.17) is 16.3 Å². The second kappa shape index (κ2) is 9.25. The van der Waals surface area contributed by atoms with Crippen LogP contribution < -0.4 is 15.0 Å². The van der Waals surface area contributed by atoms with Crippen molar-refractivity contribution in [3.05, 3.63) is 54.1 Å². The fourth-order valence-corrected chi connectivity index (χ4v) is 2.73. The van der Waals surface area contributed by atoms with Gasteiger partial charge in [0.25, 0.3) is 0 Å². The predicted molar refractivity (Wildman–Crippen MR) is 105 cm³/mol. The van der Waals surface area contributed by atoms with Crippen LogP contribution in [0.2, 0.25) is 0 Å². The van der Waals surface area contributed by atoms with Gasteiger partial charge in [-0.3, -0.25) is 9.59 Å². The number of amides is 2. The number of carbonyl (C=O) groups excluding carboxylic acids is 2. The Morgan fingerprint density at radius 3 is 2.42 bits per heavy atom. The molecule has 0 aliphatic rings. The summed E-state index contributed by atoms with van der Waals surface area (Å²) < 4.78 is 5.85. The van der Waals surface area contributed by atoms with Crippen molar-refractivity contribution in [2.45, 2.75) is 33.4 Å².